The lowest BCUT2D eigenvalue weighted by Crippen LogP contribution is -2.19. The van der Waals surface area contributed by atoms with Gasteiger partial charge in [0.05, 0.1) is 23.1 Å². The van der Waals surface area contributed by atoms with Gasteiger partial charge in [-0.3, -0.25) is 9.98 Å². The van der Waals surface area contributed by atoms with Gasteiger partial charge in [-0.05, 0) is 66.7 Å². The number of H-pyrrole nitrogens is 1. The molecule has 174 valence electrons. The summed E-state index contributed by atoms with van der Waals surface area (Å²) in [6.07, 6.45) is 1.78. The van der Waals surface area contributed by atoms with Crippen molar-refractivity contribution in [3.63, 3.8) is 0 Å². The minimum atomic E-state index is 0.530. The van der Waals surface area contributed by atoms with Gasteiger partial charge in [0, 0.05) is 46.5 Å². The van der Waals surface area contributed by atoms with E-state index in [-0.39, 0.29) is 0 Å². The van der Waals surface area contributed by atoms with E-state index < -0.39 is 0 Å². The Hall–Kier alpha value is -4.10. The van der Waals surface area contributed by atoms with E-state index in [4.69, 9.17) is 21.3 Å². The molecule has 0 spiro atoms. The topological polar surface area (TPSA) is 87.2 Å². The van der Waals surface area contributed by atoms with Gasteiger partial charge in [-0.2, -0.15) is 0 Å². The van der Waals surface area contributed by atoms with Gasteiger partial charge < -0.3 is 20.4 Å². The Balaban J connectivity index is 1.09. The van der Waals surface area contributed by atoms with Crippen molar-refractivity contribution in [2.24, 2.45) is 4.99 Å². The second-order valence-electron chi connectivity index (χ2n) is 8.29. The molecule has 0 atom stereocenters. The predicted octanol–water partition coefficient (Wildman–Crippen LogP) is 5.27. The SMILES string of the molecule is Clc1ccc2c(NCCOc3ccc(-c4nc5ccc(C6=NCCN6)cc5[nH]4)cc3)ccnc2c1. The average Bonchev–Trinajstić information content (AvgIpc) is 3.57. The van der Waals surface area contributed by atoms with Gasteiger partial charge in [-0.25, -0.2) is 4.98 Å². The van der Waals surface area contributed by atoms with Gasteiger partial charge in [-0.15, -0.1) is 0 Å². The van der Waals surface area contributed by atoms with E-state index in [1.807, 2.05) is 54.6 Å². The fourth-order valence-corrected chi connectivity index (χ4v) is 4.39. The third-order valence-electron chi connectivity index (χ3n) is 5.95. The molecule has 0 saturated carbocycles. The fraction of sp³-hybridized carbons (Fsp3) is 0.148. The van der Waals surface area contributed by atoms with Gasteiger partial charge >= 0.3 is 0 Å². The predicted molar refractivity (Wildman–Crippen MR) is 142 cm³/mol. The molecule has 3 aromatic carbocycles. The van der Waals surface area contributed by atoms with Crippen LogP contribution >= 0.6 is 11.6 Å². The van der Waals surface area contributed by atoms with Crippen molar-refractivity contribution in [1.82, 2.24) is 20.3 Å². The second-order valence-corrected chi connectivity index (χ2v) is 8.73. The Morgan fingerprint density at radius 3 is 2.69 bits per heavy atom. The van der Waals surface area contributed by atoms with E-state index in [1.54, 1.807) is 6.20 Å². The first-order chi connectivity index (χ1) is 17.2. The minimum absolute atomic E-state index is 0.530. The normalized spacial score (nSPS) is 13.1. The van der Waals surface area contributed by atoms with Gasteiger partial charge in [-0.1, -0.05) is 11.6 Å². The summed E-state index contributed by atoms with van der Waals surface area (Å²) >= 11 is 6.07. The van der Waals surface area contributed by atoms with Gasteiger partial charge in [0.1, 0.15) is 24.0 Å². The number of pyridine rings is 1. The van der Waals surface area contributed by atoms with Crippen LogP contribution in [0.3, 0.4) is 0 Å². The number of benzene rings is 3. The van der Waals surface area contributed by atoms with Crippen LogP contribution in [0.25, 0.3) is 33.3 Å². The van der Waals surface area contributed by atoms with Crippen LogP contribution in [-0.4, -0.2) is 47.0 Å². The van der Waals surface area contributed by atoms with Crippen LogP contribution < -0.4 is 15.4 Å². The highest BCUT2D eigenvalue weighted by Gasteiger charge is 2.11. The zero-order valence-electron chi connectivity index (χ0n) is 18.9. The van der Waals surface area contributed by atoms with Gasteiger partial charge in [0.15, 0.2) is 0 Å². The van der Waals surface area contributed by atoms with Crippen LogP contribution in [-0.2, 0) is 0 Å². The fourth-order valence-electron chi connectivity index (χ4n) is 4.22. The number of hydrogen-bond donors (Lipinski definition) is 3. The molecule has 1 aliphatic rings. The molecule has 0 aliphatic carbocycles. The van der Waals surface area contributed by atoms with Crippen LogP contribution in [0.5, 0.6) is 5.75 Å². The van der Waals surface area contributed by atoms with E-state index in [0.29, 0.717) is 18.2 Å². The summed E-state index contributed by atoms with van der Waals surface area (Å²) in [5, 5.41) is 8.44. The molecule has 0 bridgehead atoms. The molecule has 3 N–H and O–H groups in total. The van der Waals surface area contributed by atoms with Crippen molar-refractivity contribution >= 4 is 45.1 Å². The molecule has 0 fully saturated rings. The maximum atomic E-state index is 6.07. The number of halogens is 1. The summed E-state index contributed by atoms with van der Waals surface area (Å²) in [5.41, 5.74) is 5.88. The Morgan fingerprint density at radius 1 is 0.943 bits per heavy atom. The Labute approximate surface area is 207 Å². The molecule has 8 heteroatoms. The number of nitrogens with one attached hydrogen (secondary N) is 3. The number of ether oxygens (including phenoxy) is 1. The zero-order chi connectivity index (χ0) is 23.6. The number of aromatic amines is 1. The van der Waals surface area contributed by atoms with Crippen LogP contribution in [0.4, 0.5) is 5.69 Å². The highest BCUT2D eigenvalue weighted by molar-refractivity contribution is 6.31. The number of imidazole rings is 1. The smallest absolute Gasteiger partial charge is 0.138 e. The standard InChI is InChI=1S/C27H23ClN6O/c28-19-4-7-21-22(9-10-29-24(21)16-19)30-13-14-35-20-5-1-17(2-6-20)27-33-23-8-3-18(15-25(23)34-27)26-31-11-12-32-26/h1-10,15-16H,11-14H2,(H,29,30)(H,31,32)(H,33,34). The molecule has 0 radical (unpaired) electrons. The number of nitrogens with zero attached hydrogens (tertiary/aromatic N) is 3. The maximum absolute atomic E-state index is 6.07. The van der Waals surface area contributed by atoms with Crippen molar-refractivity contribution in [3.05, 3.63) is 83.5 Å². The summed E-state index contributed by atoms with van der Waals surface area (Å²) < 4.78 is 5.93. The number of aliphatic imine (C=N–C) groups is 1. The summed E-state index contributed by atoms with van der Waals surface area (Å²) in [6, 6.07) is 21.8. The molecule has 0 saturated heterocycles. The zero-order valence-corrected chi connectivity index (χ0v) is 19.6. The van der Waals surface area contributed by atoms with Crippen molar-refractivity contribution in [2.45, 2.75) is 0 Å². The van der Waals surface area contributed by atoms with E-state index >= 15 is 0 Å². The van der Waals surface area contributed by atoms with Crippen molar-refractivity contribution in [3.8, 4) is 17.1 Å². The van der Waals surface area contributed by atoms with E-state index in [0.717, 1.165) is 69.2 Å². The maximum Gasteiger partial charge on any atom is 0.138 e. The number of aromatic nitrogens is 3. The number of fused-ring (bicyclic) bond motifs is 2. The Kier molecular flexibility index (Phi) is 5.68. The molecule has 2 aromatic heterocycles. The van der Waals surface area contributed by atoms with Gasteiger partial charge in [0.2, 0.25) is 0 Å². The highest BCUT2D eigenvalue weighted by Crippen LogP contribution is 2.25. The molecule has 6 rings (SSSR count). The van der Waals surface area contributed by atoms with Crippen LogP contribution in [0, 0.1) is 0 Å². The molecule has 1 aliphatic heterocycles. The lowest BCUT2D eigenvalue weighted by molar-refractivity contribution is 0.333. The third-order valence-corrected chi connectivity index (χ3v) is 6.18. The van der Waals surface area contributed by atoms with Crippen LogP contribution in [0.1, 0.15) is 5.56 Å². The molecule has 7 nitrogen and oxygen atoms in total. The average molecular weight is 483 g/mol. The molecule has 5 aromatic rings. The van der Waals surface area contributed by atoms with Crippen molar-refractivity contribution < 1.29 is 4.74 Å². The molecular formula is C27H23ClN6O. The van der Waals surface area contributed by atoms with E-state index in [1.165, 1.54) is 0 Å². The first-order valence-electron chi connectivity index (χ1n) is 11.5. The molecular weight excluding hydrogens is 460 g/mol. The second kappa shape index (κ2) is 9.27. The Morgan fingerprint density at radius 2 is 1.83 bits per heavy atom. The van der Waals surface area contributed by atoms with Crippen LogP contribution in [0.2, 0.25) is 5.02 Å². The highest BCUT2D eigenvalue weighted by atomic mass is 35.5. The summed E-state index contributed by atoms with van der Waals surface area (Å²) in [4.78, 5) is 17.0. The van der Waals surface area contributed by atoms with E-state index in [2.05, 4.69) is 37.7 Å². The minimum Gasteiger partial charge on any atom is -0.492 e. The first-order valence-corrected chi connectivity index (χ1v) is 11.9. The van der Waals surface area contributed by atoms with Crippen molar-refractivity contribution in [1.29, 1.82) is 0 Å². The molecule has 35 heavy (non-hydrogen) atoms. The monoisotopic (exact) mass is 482 g/mol. The number of amidine groups is 1. The third kappa shape index (κ3) is 4.50. The van der Waals surface area contributed by atoms with Crippen molar-refractivity contribution in [2.75, 3.05) is 31.6 Å². The molecule has 3 heterocycles. The lowest BCUT2D eigenvalue weighted by Gasteiger charge is -2.11. The first kappa shape index (κ1) is 21.4. The largest absolute Gasteiger partial charge is 0.492 e. The van der Waals surface area contributed by atoms with Crippen LogP contribution in [0.15, 0.2) is 77.9 Å². The quantitative estimate of drug-likeness (QED) is 0.275. The number of anilines is 1. The summed E-state index contributed by atoms with van der Waals surface area (Å²) in [7, 11) is 0. The number of rotatable bonds is 7. The number of hydrogen-bond acceptors (Lipinski definition) is 6. The summed E-state index contributed by atoms with van der Waals surface area (Å²) in [5.74, 6) is 2.59. The lowest BCUT2D eigenvalue weighted by atomic mass is 10.2. The molecule has 0 unspecified atom stereocenters. The Bertz CT molecular complexity index is 1540. The summed E-state index contributed by atoms with van der Waals surface area (Å²) in [6.45, 7) is 2.90. The molecule has 0 amide bonds. The van der Waals surface area contributed by atoms with Gasteiger partial charge in [0.25, 0.3) is 0 Å². The van der Waals surface area contributed by atoms with E-state index in [9.17, 15) is 0 Å².